The van der Waals surface area contributed by atoms with Crippen LogP contribution in [0.15, 0.2) is 43.0 Å². The Labute approximate surface area is 173 Å². The van der Waals surface area contributed by atoms with Crippen molar-refractivity contribution < 1.29 is 14.4 Å². The van der Waals surface area contributed by atoms with Crippen molar-refractivity contribution in [1.82, 2.24) is 16.0 Å². The fourth-order valence-electron chi connectivity index (χ4n) is 2.92. The van der Waals surface area contributed by atoms with Gasteiger partial charge in [-0.15, -0.1) is 6.58 Å². The monoisotopic (exact) mass is 402 g/mol. The molecule has 29 heavy (non-hydrogen) atoms. The van der Waals surface area contributed by atoms with Crippen LogP contribution in [0.2, 0.25) is 0 Å². The third-order valence-electron chi connectivity index (χ3n) is 4.52. The quantitative estimate of drug-likeness (QED) is 0.395. The maximum absolute atomic E-state index is 13.0. The van der Waals surface area contributed by atoms with E-state index in [9.17, 15) is 14.4 Å². The molecule has 0 radical (unpaired) electrons. The number of carbonyl (C=O) groups is 3. The number of nitrogens with one attached hydrogen (secondary N) is 3. The average Bonchev–Trinajstić information content (AvgIpc) is 2.70. The van der Waals surface area contributed by atoms with E-state index in [4.69, 9.17) is 5.73 Å². The van der Waals surface area contributed by atoms with Gasteiger partial charge in [-0.05, 0) is 30.7 Å². The molecule has 7 heteroatoms. The van der Waals surface area contributed by atoms with E-state index >= 15 is 0 Å². The predicted octanol–water partition coefficient (Wildman–Crippen LogP) is 1.28. The van der Waals surface area contributed by atoms with E-state index in [0.717, 1.165) is 5.56 Å². The highest BCUT2D eigenvalue weighted by molar-refractivity contribution is 5.93. The molecule has 0 aliphatic carbocycles. The van der Waals surface area contributed by atoms with Gasteiger partial charge in [0.2, 0.25) is 17.7 Å². The summed E-state index contributed by atoms with van der Waals surface area (Å²) in [7, 11) is 1.53. The van der Waals surface area contributed by atoms with Gasteiger partial charge in [0, 0.05) is 13.5 Å². The van der Waals surface area contributed by atoms with Crippen molar-refractivity contribution in [3.8, 4) is 0 Å². The lowest BCUT2D eigenvalue weighted by molar-refractivity contribution is -0.132. The fourth-order valence-corrected chi connectivity index (χ4v) is 2.92. The Morgan fingerprint density at radius 1 is 1.03 bits per heavy atom. The van der Waals surface area contributed by atoms with Crippen LogP contribution in [-0.2, 0) is 20.8 Å². The second-order valence-corrected chi connectivity index (χ2v) is 7.53. The van der Waals surface area contributed by atoms with Crippen LogP contribution in [0.1, 0.15) is 38.7 Å². The standard InChI is InChI=1S/C22H34N4O3/c1-5-6-12-17(23)20(27)25-19(14-16-10-8-7-9-11-16)22(29)26-18(13-15(2)3)21(28)24-4/h5,7-11,15,17-19H,1,6,12-14,23H2,2-4H3,(H,24,28)(H,25,27)(H,26,29)/t17-,18-,19+/m0/s1. The molecule has 0 unspecified atom stereocenters. The van der Waals surface area contributed by atoms with Crippen LogP contribution in [-0.4, -0.2) is 42.9 Å². The van der Waals surface area contributed by atoms with Crippen LogP contribution in [0.3, 0.4) is 0 Å². The highest BCUT2D eigenvalue weighted by atomic mass is 16.2. The third kappa shape index (κ3) is 8.91. The van der Waals surface area contributed by atoms with Crippen molar-refractivity contribution in [2.45, 2.75) is 57.7 Å². The van der Waals surface area contributed by atoms with Crippen molar-refractivity contribution in [3.05, 3.63) is 48.6 Å². The molecule has 0 bridgehead atoms. The van der Waals surface area contributed by atoms with Gasteiger partial charge < -0.3 is 21.7 Å². The van der Waals surface area contributed by atoms with Gasteiger partial charge in [-0.1, -0.05) is 50.3 Å². The average molecular weight is 403 g/mol. The molecule has 0 saturated carbocycles. The molecule has 7 nitrogen and oxygen atoms in total. The SMILES string of the molecule is C=CCC[C@H](N)C(=O)N[C@H](Cc1ccccc1)C(=O)N[C@@H](CC(C)C)C(=O)NC. The number of hydrogen-bond donors (Lipinski definition) is 4. The van der Waals surface area contributed by atoms with Crippen LogP contribution in [0.25, 0.3) is 0 Å². The lowest BCUT2D eigenvalue weighted by atomic mass is 10.0. The minimum atomic E-state index is -0.834. The molecule has 3 atom stereocenters. The fraction of sp³-hybridized carbons (Fsp3) is 0.500. The molecule has 0 heterocycles. The molecule has 0 aliphatic rings. The molecule has 1 aromatic carbocycles. The van der Waals surface area contributed by atoms with Crippen LogP contribution >= 0.6 is 0 Å². The van der Waals surface area contributed by atoms with E-state index in [0.29, 0.717) is 25.7 Å². The first-order valence-corrected chi connectivity index (χ1v) is 10.0. The van der Waals surface area contributed by atoms with E-state index in [1.807, 2.05) is 44.2 Å². The summed E-state index contributed by atoms with van der Waals surface area (Å²) in [6.07, 6.45) is 3.55. The Bertz CT molecular complexity index is 676. The Morgan fingerprint density at radius 2 is 1.66 bits per heavy atom. The van der Waals surface area contributed by atoms with Crippen molar-refractivity contribution in [1.29, 1.82) is 0 Å². The predicted molar refractivity (Wildman–Crippen MR) is 115 cm³/mol. The molecule has 1 aromatic rings. The Morgan fingerprint density at radius 3 is 2.21 bits per heavy atom. The maximum Gasteiger partial charge on any atom is 0.243 e. The maximum atomic E-state index is 13.0. The van der Waals surface area contributed by atoms with Gasteiger partial charge in [0.25, 0.3) is 0 Å². The number of rotatable bonds is 12. The number of benzene rings is 1. The van der Waals surface area contributed by atoms with Crippen molar-refractivity contribution in [2.75, 3.05) is 7.05 Å². The number of allylic oxidation sites excluding steroid dienone is 1. The van der Waals surface area contributed by atoms with Gasteiger partial charge in [0.15, 0.2) is 0 Å². The largest absolute Gasteiger partial charge is 0.357 e. The molecular weight excluding hydrogens is 368 g/mol. The normalized spacial score (nSPS) is 13.8. The summed E-state index contributed by atoms with van der Waals surface area (Å²) < 4.78 is 0. The lowest BCUT2D eigenvalue weighted by Gasteiger charge is -2.24. The van der Waals surface area contributed by atoms with Crippen molar-refractivity contribution >= 4 is 17.7 Å². The first kappa shape index (κ1) is 24.4. The van der Waals surface area contributed by atoms with Crippen LogP contribution in [0.5, 0.6) is 0 Å². The minimum Gasteiger partial charge on any atom is -0.357 e. The van der Waals surface area contributed by atoms with Crippen molar-refractivity contribution in [3.63, 3.8) is 0 Å². The third-order valence-corrected chi connectivity index (χ3v) is 4.52. The molecule has 0 fully saturated rings. The van der Waals surface area contributed by atoms with Gasteiger partial charge in [0.1, 0.15) is 12.1 Å². The highest BCUT2D eigenvalue weighted by Crippen LogP contribution is 2.08. The van der Waals surface area contributed by atoms with E-state index < -0.39 is 29.9 Å². The van der Waals surface area contributed by atoms with Crippen LogP contribution < -0.4 is 21.7 Å². The Kier molecular flexibility index (Phi) is 10.7. The minimum absolute atomic E-state index is 0.215. The van der Waals surface area contributed by atoms with Gasteiger partial charge in [0.05, 0.1) is 6.04 Å². The number of hydrogen-bond acceptors (Lipinski definition) is 4. The second kappa shape index (κ2) is 12.7. The van der Waals surface area contributed by atoms with Crippen LogP contribution in [0.4, 0.5) is 0 Å². The summed E-state index contributed by atoms with van der Waals surface area (Å²) in [5.74, 6) is -0.859. The Balaban J connectivity index is 2.95. The summed E-state index contributed by atoms with van der Waals surface area (Å²) in [6.45, 7) is 7.58. The topological polar surface area (TPSA) is 113 Å². The zero-order valence-electron chi connectivity index (χ0n) is 17.6. The first-order valence-electron chi connectivity index (χ1n) is 10.0. The molecule has 160 valence electrons. The molecule has 0 aromatic heterocycles. The van der Waals surface area contributed by atoms with Gasteiger partial charge in [-0.3, -0.25) is 14.4 Å². The molecule has 3 amide bonds. The molecule has 0 aliphatic heterocycles. The lowest BCUT2D eigenvalue weighted by Crippen LogP contribution is -2.56. The van der Waals surface area contributed by atoms with E-state index in [1.54, 1.807) is 6.08 Å². The summed E-state index contributed by atoms with van der Waals surface area (Å²) in [5, 5.41) is 8.11. The summed E-state index contributed by atoms with van der Waals surface area (Å²) in [5.41, 5.74) is 6.82. The summed E-state index contributed by atoms with van der Waals surface area (Å²) >= 11 is 0. The van der Waals surface area contributed by atoms with Gasteiger partial charge >= 0.3 is 0 Å². The Hall–Kier alpha value is -2.67. The van der Waals surface area contributed by atoms with E-state index in [-0.39, 0.29) is 11.8 Å². The van der Waals surface area contributed by atoms with Crippen molar-refractivity contribution in [2.24, 2.45) is 11.7 Å². The first-order chi connectivity index (χ1) is 13.8. The molecule has 1 rings (SSSR count). The zero-order chi connectivity index (χ0) is 21.8. The molecule has 0 saturated heterocycles. The van der Waals surface area contributed by atoms with E-state index in [1.165, 1.54) is 7.05 Å². The van der Waals surface area contributed by atoms with Crippen LogP contribution in [0, 0.1) is 5.92 Å². The van der Waals surface area contributed by atoms with Gasteiger partial charge in [-0.2, -0.15) is 0 Å². The second-order valence-electron chi connectivity index (χ2n) is 7.53. The van der Waals surface area contributed by atoms with Gasteiger partial charge in [-0.25, -0.2) is 0 Å². The highest BCUT2D eigenvalue weighted by Gasteiger charge is 2.28. The summed E-state index contributed by atoms with van der Waals surface area (Å²) in [4.78, 5) is 37.6. The number of likely N-dealkylation sites (N-methyl/N-ethyl adjacent to an activating group) is 1. The zero-order valence-corrected chi connectivity index (χ0v) is 17.6. The summed E-state index contributed by atoms with van der Waals surface area (Å²) in [6, 6.07) is 7.15. The van der Waals surface area contributed by atoms with E-state index in [2.05, 4.69) is 22.5 Å². The molecular formula is C22H34N4O3. The number of nitrogens with two attached hydrogens (primary N) is 1. The smallest absolute Gasteiger partial charge is 0.243 e. The number of amides is 3. The number of carbonyl (C=O) groups excluding carboxylic acids is 3. The molecule has 5 N–H and O–H groups in total. The molecule has 0 spiro atoms.